The monoisotopic (exact) mass is 475 g/mol. The number of amides is 2. The summed E-state index contributed by atoms with van der Waals surface area (Å²) < 4.78 is 38.7. The second kappa shape index (κ2) is 12.3. The summed E-state index contributed by atoms with van der Waals surface area (Å²) in [5, 5.41) is 17.1. The van der Waals surface area contributed by atoms with Gasteiger partial charge in [0.25, 0.3) is 5.91 Å². The number of halogens is 3. The van der Waals surface area contributed by atoms with Gasteiger partial charge in [-0.1, -0.05) is 24.1 Å². The summed E-state index contributed by atoms with van der Waals surface area (Å²) in [7, 11) is 0. The molecule has 0 saturated heterocycles. The number of aryl methyl sites for hydroxylation is 1. The van der Waals surface area contributed by atoms with Crippen LogP contribution in [0.15, 0.2) is 29.3 Å². The Morgan fingerprint density at radius 1 is 1.22 bits per heavy atom. The van der Waals surface area contributed by atoms with E-state index >= 15 is 0 Å². The molecule has 1 unspecified atom stereocenters. The highest BCUT2D eigenvalue weighted by Gasteiger charge is 2.28. The number of nitrogens with zero attached hydrogens (tertiary/aromatic N) is 1. The van der Waals surface area contributed by atoms with E-state index in [9.17, 15) is 27.6 Å². The molecule has 5 N–H and O–H groups in total. The van der Waals surface area contributed by atoms with Crippen LogP contribution in [0, 0.1) is 0 Å². The topological polar surface area (TPSA) is 132 Å². The minimum absolute atomic E-state index is 0.185. The number of benzene rings is 1. The Labute approximate surface area is 186 Å². The molecule has 0 spiro atoms. The van der Waals surface area contributed by atoms with Crippen molar-refractivity contribution in [3.05, 3.63) is 35.4 Å². The van der Waals surface area contributed by atoms with E-state index in [1.54, 1.807) is 12.1 Å². The van der Waals surface area contributed by atoms with Gasteiger partial charge >= 0.3 is 12.1 Å². The van der Waals surface area contributed by atoms with Crippen LogP contribution in [0.5, 0.6) is 0 Å². The third-order valence-corrected chi connectivity index (χ3v) is 5.16. The number of nitrogens with one attached hydrogen (secondary N) is 4. The van der Waals surface area contributed by atoms with Crippen molar-refractivity contribution in [3.63, 3.8) is 0 Å². The van der Waals surface area contributed by atoms with Gasteiger partial charge in [-0.2, -0.15) is 13.2 Å². The molecule has 1 aromatic carbocycles. The number of carboxylic acids is 1. The van der Waals surface area contributed by atoms with Crippen molar-refractivity contribution in [2.24, 2.45) is 4.99 Å². The van der Waals surface area contributed by atoms with Crippen molar-refractivity contribution in [3.8, 4) is 0 Å². The second-order valence-electron chi connectivity index (χ2n) is 6.88. The average molecular weight is 475 g/mol. The quantitative estimate of drug-likeness (QED) is 0.320. The molecule has 1 aliphatic rings. The minimum atomic E-state index is -4.44. The molecular weight excluding hydrogens is 451 g/mol. The van der Waals surface area contributed by atoms with Crippen molar-refractivity contribution in [1.29, 1.82) is 0 Å². The molecule has 1 heterocycles. The summed E-state index contributed by atoms with van der Waals surface area (Å²) in [6.07, 6.45) is -2.84. The predicted octanol–water partition coefficient (Wildman–Crippen LogP) is 1.07. The molecule has 1 aromatic rings. The number of alkyl halides is 3. The number of aliphatic imine (C=N–C) groups is 1. The van der Waals surface area contributed by atoms with Crippen molar-refractivity contribution in [2.75, 3.05) is 25.4 Å². The van der Waals surface area contributed by atoms with E-state index in [0.717, 1.165) is 18.5 Å². The van der Waals surface area contributed by atoms with Crippen LogP contribution in [0.1, 0.15) is 28.8 Å². The summed E-state index contributed by atoms with van der Waals surface area (Å²) in [5.41, 5.74) is 1.08. The lowest BCUT2D eigenvalue weighted by molar-refractivity contribution is -0.138. The summed E-state index contributed by atoms with van der Waals surface area (Å²) in [4.78, 5) is 39.5. The lowest BCUT2D eigenvalue weighted by Crippen LogP contribution is -2.44. The fourth-order valence-corrected chi connectivity index (χ4v) is 3.22. The standard InChI is InChI=1S/C19H24F3N5O4S/c20-19(21,22)11-32-27-14(17(30)31)10-25-16(29)13-5-2-12(3-6-13)4-7-15(28)26-18-23-8-1-9-24-18/h2-3,5-6,14,27H,1,4,7-11H2,(H,25,29)(H,30,31)(H2,23,24,26,28). The molecule has 0 aromatic heterocycles. The average Bonchev–Trinajstić information content (AvgIpc) is 2.74. The molecule has 32 heavy (non-hydrogen) atoms. The van der Waals surface area contributed by atoms with Crippen LogP contribution < -0.4 is 20.7 Å². The fraction of sp³-hybridized carbons (Fsp3) is 0.474. The predicted molar refractivity (Wildman–Crippen MR) is 113 cm³/mol. The third-order valence-electron chi connectivity index (χ3n) is 4.24. The molecule has 2 amide bonds. The largest absolute Gasteiger partial charge is 0.480 e. The highest BCUT2D eigenvalue weighted by molar-refractivity contribution is 7.97. The Balaban J connectivity index is 1.77. The summed E-state index contributed by atoms with van der Waals surface area (Å²) in [5.74, 6) is -2.92. The smallest absolute Gasteiger partial charge is 0.399 e. The Bertz CT molecular complexity index is 833. The van der Waals surface area contributed by atoms with Crippen LogP contribution in [0.25, 0.3) is 0 Å². The van der Waals surface area contributed by atoms with Crippen molar-refractivity contribution in [1.82, 2.24) is 20.7 Å². The van der Waals surface area contributed by atoms with E-state index in [2.05, 4.69) is 25.7 Å². The summed E-state index contributed by atoms with van der Waals surface area (Å²) in [6.45, 7) is 1.04. The van der Waals surface area contributed by atoms with Gasteiger partial charge in [-0.15, -0.1) is 0 Å². The van der Waals surface area contributed by atoms with Crippen LogP contribution in [0.4, 0.5) is 13.2 Å². The Morgan fingerprint density at radius 2 is 1.94 bits per heavy atom. The number of carboxylic acid groups (broad SMARTS) is 1. The zero-order valence-corrected chi connectivity index (χ0v) is 17.8. The zero-order chi connectivity index (χ0) is 23.6. The number of guanidine groups is 1. The van der Waals surface area contributed by atoms with E-state index in [4.69, 9.17) is 5.11 Å². The van der Waals surface area contributed by atoms with Crippen molar-refractivity contribution < 1.29 is 32.7 Å². The lowest BCUT2D eigenvalue weighted by Gasteiger charge is -2.15. The SMILES string of the molecule is O=C(CCc1ccc(C(=O)NCC(NSCC(F)(F)F)C(=O)O)cc1)NC1=NCCCN1. The van der Waals surface area contributed by atoms with Crippen molar-refractivity contribution >= 4 is 35.7 Å². The van der Waals surface area contributed by atoms with E-state index in [1.165, 1.54) is 12.1 Å². The maximum Gasteiger partial charge on any atom is 0.399 e. The summed E-state index contributed by atoms with van der Waals surface area (Å²) >= 11 is 0.214. The van der Waals surface area contributed by atoms with Gasteiger partial charge in [0.05, 0.1) is 0 Å². The normalized spacial score (nSPS) is 14.7. The van der Waals surface area contributed by atoms with Crippen LogP contribution >= 0.6 is 11.9 Å². The van der Waals surface area contributed by atoms with Gasteiger partial charge in [0.2, 0.25) is 5.91 Å². The lowest BCUT2D eigenvalue weighted by atomic mass is 10.1. The Morgan fingerprint density at radius 3 is 2.53 bits per heavy atom. The first-order valence-corrected chi connectivity index (χ1v) is 10.7. The van der Waals surface area contributed by atoms with Gasteiger partial charge < -0.3 is 15.7 Å². The molecule has 0 radical (unpaired) electrons. The molecule has 13 heteroatoms. The molecule has 0 bridgehead atoms. The van der Waals surface area contributed by atoms with E-state index in [1.807, 2.05) is 0 Å². The first-order valence-electron chi connectivity index (χ1n) is 9.76. The number of carbonyl (C=O) groups excluding carboxylic acids is 2. The zero-order valence-electron chi connectivity index (χ0n) is 17.0. The molecule has 176 valence electrons. The van der Waals surface area contributed by atoms with Gasteiger partial charge in [-0.3, -0.25) is 24.7 Å². The van der Waals surface area contributed by atoms with Crippen LogP contribution in [-0.4, -0.2) is 66.5 Å². The Hall–Kier alpha value is -2.80. The van der Waals surface area contributed by atoms with Crippen LogP contribution in [0.2, 0.25) is 0 Å². The first kappa shape index (κ1) is 25.5. The number of rotatable bonds is 10. The van der Waals surface area contributed by atoms with Gasteiger partial charge in [0.1, 0.15) is 11.8 Å². The number of hydrogen-bond donors (Lipinski definition) is 5. The highest BCUT2D eigenvalue weighted by Crippen LogP contribution is 2.19. The second-order valence-corrected chi connectivity index (χ2v) is 7.69. The maximum absolute atomic E-state index is 12.2. The molecule has 2 rings (SSSR count). The van der Waals surface area contributed by atoms with E-state index in [0.29, 0.717) is 18.9 Å². The molecule has 9 nitrogen and oxygen atoms in total. The van der Waals surface area contributed by atoms with Crippen molar-refractivity contribution in [2.45, 2.75) is 31.5 Å². The molecule has 0 fully saturated rings. The van der Waals surface area contributed by atoms with Gasteiger partial charge in [-0.05, 0) is 30.5 Å². The van der Waals surface area contributed by atoms with E-state index in [-0.39, 0.29) is 29.8 Å². The van der Waals surface area contributed by atoms with Gasteiger partial charge in [-0.25, -0.2) is 4.72 Å². The van der Waals surface area contributed by atoms with Crippen LogP contribution in [-0.2, 0) is 16.0 Å². The number of aliphatic carboxylic acids is 1. The number of hydrogen-bond acceptors (Lipinski definition) is 7. The molecule has 0 aliphatic carbocycles. The minimum Gasteiger partial charge on any atom is -0.480 e. The van der Waals surface area contributed by atoms with Gasteiger partial charge in [0, 0.05) is 31.6 Å². The number of carbonyl (C=O) groups is 3. The molecule has 1 aliphatic heterocycles. The highest BCUT2D eigenvalue weighted by atomic mass is 32.2. The third kappa shape index (κ3) is 9.56. The summed E-state index contributed by atoms with van der Waals surface area (Å²) in [6, 6.07) is 5.01. The molecule has 1 atom stereocenters. The molecule has 0 saturated carbocycles. The fourth-order valence-electron chi connectivity index (χ4n) is 2.59. The van der Waals surface area contributed by atoms with E-state index < -0.39 is 36.4 Å². The van der Waals surface area contributed by atoms with Gasteiger partial charge in [0.15, 0.2) is 5.96 Å². The van der Waals surface area contributed by atoms with Crippen LogP contribution in [0.3, 0.4) is 0 Å². The Kier molecular flexibility index (Phi) is 9.78. The maximum atomic E-state index is 12.2. The molecular formula is C19H24F3N5O4S. The first-order chi connectivity index (χ1) is 15.1.